The number of hydrogen-bond donors (Lipinski definition) is 1. The fourth-order valence-electron chi connectivity index (χ4n) is 0.991. The molecule has 1 fully saturated rings. The Hall–Kier alpha value is -1.94. The summed E-state index contributed by atoms with van der Waals surface area (Å²) in [6.45, 7) is 0. The first-order valence-corrected chi connectivity index (χ1v) is 3.91. The highest BCUT2D eigenvalue weighted by atomic mass is 19.4. The Bertz CT molecular complexity index is 405. The van der Waals surface area contributed by atoms with Crippen LogP contribution in [0.2, 0.25) is 0 Å². The summed E-state index contributed by atoms with van der Waals surface area (Å²) in [5.41, 5.74) is 0. The zero-order valence-electron chi connectivity index (χ0n) is 7.93. The number of hydrogen-bond acceptors (Lipinski definition) is 4. The molecule has 0 amide bonds. The molecular formula is C7H2F6O5. The van der Waals surface area contributed by atoms with Crippen molar-refractivity contribution in [2.75, 3.05) is 0 Å². The van der Waals surface area contributed by atoms with Crippen LogP contribution in [0.25, 0.3) is 0 Å². The second kappa shape index (κ2) is 3.78. The molecule has 0 aromatic carbocycles. The van der Waals surface area contributed by atoms with Gasteiger partial charge in [0, 0.05) is 0 Å². The molecule has 102 valence electrons. The van der Waals surface area contributed by atoms with Crippen LogP contribution in [-0.2, 0) is 19.1 Å². The Kier molecular flexibility index (Phi) is 2.97. The quantitative estimate of drug-likeness (QED) is 0.446. The second-order valence-corrected chi connectivity index (χ2v) is 2.95. The van der Waals surface area contributed by atoms with Crippen LogP contribution in [0.3, 0.4) is 0 Å². The lowest BCUT2D eigenvalue weighted by molar-refractivity contribution is -0.431. The first-order valence-electron chi connectivity index (χ1n) is 3.91. The van der Waals surface area contributed by atoms with Crippen molar-refractivity contribution in [3.05, 3.63) is 11.8 Å². The van der Waals surface area contributed by atoms with E-state index in [9.17, 15) is 35.9 Å². The summed E-state index contributed by atoms with van der Waals surface area (Å²) in [5, 5.41) is 8.14. The summed E-state index contributed by atoms with van der Waals surface area (Å²) >= 11 is 0. The van der Waals surface area contributed by atoms with Crippen molar-refractivity contribution in [1.82, 2.24) is 0 Å². The molecule has 0 unspecified atom stereocenters. The number of carboxylic acid groups (broad SMARTS) is 1. The van der Waals surface area contributed by atoms with Gasteiger partial charge in [0.2, 0.25) is 5.76 Å². The number of carboxylic acids is 1. The van der Waals surface area contributed by atoms with Crippen LogP contribution in [0.15, 0.2) is 11.8 Å². The molecule has 1 N–H and O–H groups in total. The molecule has 1 heterocycles. The van der Waals surface area contributed by atoms with Crippen molar-refractivity contribution in [2.24, 2.45) is 0 Å². The number of cyclic esters (lactones) is 1. The number of esters is 1. The molecule has 1 rings (SSSR count). The predicted octanol–water partition coefficient (Wildman–Crippen LogP) is 1.35. The molecule has 0 aromatic heterocycles. The zero-order chi connectivity index (χ0) is 14.4. The number of aliphatic carboxylic acids is 1. The molecule has 0 bridgehead atoms. The van der Waals surface area contributed by atoms with Gasteiger partial charge in [-0.05, 0) is 0 Å². The maximum atomic E-state index is 12.3. The minimum Gasteiger partial charge on any atom is -0.478 e. The minimum absolute atomic E-state index is 0.262. The Labute approximate surface area is 93.6 Å². The monoisotopic (exact) mass is 280 g/mol. The standard InChI is InChI=1S/C7H2F6O5/c8-6(9,10)5(7(11,12)13)17-2(1-3(14)15)4(16)18-5/h1H,(H,14,15)/b2-1+. The van der Waals surface area contributed by atoms with Gasteiger partial charge in [-0.25, -0.2) is 9.59 Å². The minimum atomic E-state index is -6.12. The van der Waals surface area contributed by atoms with E-state index >= 15 is 0 Å². The third-order valence-corrected chi connectivity index (χ3v) is 1.69. The average molecular weight is 280 g/mol. The van der Waals surface area contributed by atoms with Crippen LogP contribution < -0.4 is 0 Å². The molecule has 0 radical (unpaired) electrons. The van der Waals surface area contributed by atoms with Crippen LogP contribution in [0.5, 0.6) is 0 Å². The van der Waals surface area contributed by atoms with Crippen molar-refractivity contribution in [1.29, 1.82) is 0 Å². The number of rotatable bonds is 1. The third-order valence-electron chi connectivity index (χ3n) is 1.69. The summed E-state index contributed by atoms with van der Waals surface area (Å²) in [5.74, 6) is -11.0. The van der Waals surface area contributed by atoms with Crippen LogP contribution >= 0.6 is 0 Å². The SMILES string of the molecule is O=C(O)/C=C1/OC(C(F)(F)F)(C(F)(F)F)OC1=O. The molecule has 18 heavy (non-hydrogen) atoms. The van der Waals surface area contributed by atoms with Gasteiger partial charge in [0.15, 0.2) is 0 Å². The number of halogens is 6. The Morgan fingerprint density at radius 2 is 1.56 bits per heavy atom. The van der Waals surface area contributed by atoms with Gasteiger partial charge in [-0.1, -0.05) is 0 Å². The van der Waals surface area contributed by atoms with Crippen LogP contribution in [-0.4, -0.2) is 35.2 Å². The Balaban J connectivity index is 3.29. The summed E-state index contributed by atoms with van der Waals surface area (Å²) in [7, 11) is 0. The highest BCUT2D eigenvalue weighted by molar-refractivity contribution is 5.95. The maximum Gasteiger partial charge on any atom is 0.478 e. The van der Waals surface area contributed by atoms with Gasteiger partial charge in [-0.15, -0.1) is 0 Å². The molecule has 0 aromatic rings. The fraction of sp³-hybridized carbons (Fsp3) is 0.429. The van der Waals surface area contributed by atoms with Gasteiger partial charge in [-0.3, -0.25) is 0 Å². The molecular weight excluding hydrogens is 278 g/mol. The lowest BCUT2D eigenvalue weighted by Crippen LogP contribution is -2.57. The largest absolute Gasteiger partial charge is 0.478 e. The molecule has 1 aliphatic heterocycles. The van der Waals surface area contributed by atoms with E-state index < -0.39 is 35.8 Å². The van der Waals surface area contributed by atoms with Gasteiger partial charge in [-0.2, -0.15) is 26.3 Å². The van der Waals surface area contributed by atoms with Gasteiger partial charge < -0.3 is 14.6 Å². The second-order valence-electron chi connectivity index (χ2n) is 2.95. The summed E-state index contributed by atoms with van der Waals surface area (Å²) in [6.07, 6.45) is -12.5. The van der Waals surface area contributed by atoms with Crippen molar-refractivity contribution < 1.29 is 50.5 Å². The van der Waals surface area contributed by atoms with E-state index in [1.165, 1.54) is 0 Å². The van der Waals surface area contributed by atoms with Gasteiger partial charge in [0.25, 0.3) is 0 Å². The summed E-state index contributed by atoms with van der Waals surface area (Å²) < 4.78 is 80.3. The molecule has 0 atom stereocenters. The van der Waals surface area contributed by atoms with Gasteiger partial charge >= 0.3 is 30.1 Å². The third kappa shape index (κ3) is 2.07. The van der Waals surface area contributed by atoms with Crippen molar-refractivity contribution in [2.45, 2.75) is 18.1 Å². The van der Waals surface area contributed by atoms with E-state index in [-0.39, 0.29) is 6.08 Å². The van der Waals surface area contributed by atoms with E-state index in [2.05, 4.69) is 9.47 Å². The van der Waals surface area contributed by atoms with E-state index in [4.69, 9.17) is 5.11 Å². The highest BCUT2D eigenvalue weighted by Crippen LogP contribution is 2.51. The number of carbonyl (C=O) groups excluding carboxylic acids is 1. The van der Waals surface area contributed by atoms with E-state index in [1.54, 1.807) is 0 Å². The maximum absolute atomic E-state index is 12.3. The van der Waals surface area contributed by atoms with Crippen molar-refractivity contribution >= 4 is 11.9 Å². The molecule has 0 spiro atoms. The molecule has 0 saturated carbocycles. The Morgan fingerprint density at radius 3 is 1.83 bits per heavy atom. The predicted molar refractivity (Wildman–Crippen MR) is 37.7 cm³/mol. The highest BCUT2D eigenvalue weighted by Gasteiger charge is 2.81. The lowest BCUT2D eigenvalue weighted by atomic mass is 10.2. The Morgan fingerprint density at radius 1 is 1.11 bits per heavy atom. The first kappa shape index (κ1) is 14.1. The van der Waals surface area contributed by atoms with Crippen LogP contribution in [0.4, 0.5) is 26.3 Å². The molecule has 11 heteroatoms. The molecule has 1 aliphatic rings. The summed E-state index contributed by atoms with van der Waals surface area (Å²) in [4.78, 5) is 20.8. The molecule has 1 saturated heterocycles. The normalized spacial score (nSPS) is 21.7. The topological polar surface area (TPSA) is 72.8 Å². The molecule has 0 aliphatic carbocycles. The summed E-state index contributed by atoms with van der Waals surface area (Å²) in [6, 6.07) is 0. The number of alkyl halides is 6. The van der Waals surface area contributed by atoms with Crippen LogP contribution in [0.1, 0.15) is 0 Å². The first-order chi connectivity index (χ1) is 7.91. The fourth-order valence-corrected chi connectivity index (χ4v) is 0.991. The zero-order valence-corrected chi connectivity index (χ0v) is 7.93. The van der Waals surface area contributed by atoms with Crippen molar-refractivity contribution in [3.63, 3.8) is 0 Å². The van der Waals surface area contributed by atoms with Crippen molar-refractivity contribution in [3.8, 4) is 0 Å². The van der Waals surface area contributed by atoms with Gasteiger partial charge in [0.1, 0.15) is 0 Å². The average Bonchev–Trinajstić information content (AvgIpc) is 2.41. The lowest BCUT2D eigenvalue weighted by Gasteiger charge is -2.29. The van der Waals surface area contributed by atoms with E-state index in [1.807, 2.05) is 0 Å². The van der Waals surface area contributed by atoms with E-state index in [0.29, 0.717) is 0 Å². The smallest absolute Gasteiger partial charge is 0.478 e. The number of carbonyl (C=O) groups is 2. The molecule has 5 nitrogen and oxygen atoms in total. The van der Waals surface area contributed by atoms with E-state index in [0.717, 1.165) is 0 Å². The van der Waals surface area contributed by atoms with Crippen LogP contribution in [0, 0.1) is 0 Å². The number of ether oxygens (including phenoxy) is 2. The van der Waals surface area contributed by atoms with Gasteiger partial charge in [0.05, 0.1) is 6.08 Å².